The van der Waals surface area contributed by atoms with Crippen LogP contribution in [0.4, 0.5) is 0 Å². The summed E-state index contributed by atoms with van der Waals surface area (Å²) in [7, 11) is -4.64. The zero-order valence-electron chi connectivity index (χ0n) is 8.37. The summed E-state index contributed by atoms with van der Waals surface area (Å²) in [6, 6.07) is 4.33. The lowest BCUT2D eigenvalue weighted by Crippen LogP contribution is -2.04. The van der Waals surface area contributed by atoms with Crippen molar-refractivity contribution in [3.63, 3.8) is 0 Å². The van der Waals surface area contributed by atoms with E-state index in [1.54, 1.807) is 6.07 Å². The third-order valence-corrected chi connectivity index (χ3v) is 2.41. The molecule has 7 heteroatoms. The quantitative estimate of drug-likeness (QED) is 0.397. The summed E-state index contributed by atoms with van der Waals surface area (Å²) in [5.41, 5.74) is 0.734. The maximum absolute atomic E-state index is 10.2. The first kappa shape index (κ1) is 13.0. The van der Waals surface area contributed by atoms with Crippen molar-refractivity contribution in [1.29, 1.82) is 0 Å². The second-order valence-electron chi connectivity index (χ2n) is 3.23. The third kappa shape index (κ3) is 4.63. The molecule has 0 bridgehead atoms. The molecule has 1 aromatic rings. The average Bonchev–Trinajstić information content (AvgIpc) is 2.17. The predicted molar refractivity (Wildman–Crippen MR) is 53.9 cm³/mol. The van der Waals surface area contributed by atoms with Gasteiger partial charge in [0.25, 0.3) is 7.82 Å². The zero-order valence-corrected chi connectivity index (χ0v) is 9.26. The van der Waals surface area contributed by atoms with Crippen LogP contribution in [0.25, 0.3) is 0 Å². The van der Waals surface area contributed by atoms with Gasteiger partial charge < -0.3 is 24.5 Å². The van der Waals surface area contributed by atoms with E-state index in [0.717, 1.165) is 5.56 Å². The van der Waals surface area contributed by atoms with E-state index in [0.29, 0.717) is 12.8 Å². The molecule has 16 heavy (non-hydrogen) atoms. The van der Waals surface area contributed by atoms with Gasteiger partial charge >= 0.3 is 0 Å². The Kier molecular flexibility index (Phi) is 4.32. The van der Waals surface area contributed by atoms with Crippen LogP contribution in [0.5, 0.6) is 11.5 Å². The minimum Gasteiger partial charge on any atom is -0.756 e. The van der Waals surface area contributed by atoms with E-state index in [1.165, 1.54) is 12.1 Å². The highest BCUT2D eigenvalue weighted by molar-refractivity contribution is 7.44. The molecule has 0 aromatic heterocycles. The van der Waals surface area contributed by atoms with Crippen molar-refractivity contribution in [2.45, 2.75) is 12.8 Å². The number of aryl methyl sites for hydroxylation is 1. The number of hydrogen-bond donors (Lipinski definition) is 3. The Bertz CT molecular complexity index is 399. The standard InChI is InChI=1S/C9H13O6P/c10-8-4-3-7(6-9(8)11)2-1-5-15-16(12,13)14/h3-4,6,10-11H,1-2,5H2,(H2,12,13,14)/p-1. The maximum Gasteiger partial charge on any atom is 0.265 e. The van der Waals surface area contributed by atoms with Gasteiger partial charge in [0.05, 0.1) is 6.61 Å². The Balaban J connectivity index is 2.38. The van der Waals surface area contributed by atoms with Crippen LogP contribution < -0.4 is 4.89 Å². The first-order valence-electron chi connectivity index (χ1n) is 4.58. The van der Waals surface area contributed by atoms with Gasteiger partial charge in [0.1, 0.15) is 0 Å². The molecule has 3 N–H and O–H groups in total. The minimum absolute atomic E-state index is 0.126. The molecule has 0 spiro atoms. The summed E-state index contributed by atoms with van der Waals surface area (Å²) in [6.45, 7) is -0.126. The monoisotopic (exact) mass is 247 g/mol. The predicted octanol–water partition coefficient (Wildman–Crippen LogP) is 0.508. The van der Waals surface area contributed by atoms with Gasteiger partial charge in [-0.25, -0.2) is 0 Å². The van der Waals surface area contributed by atoms with Crippen molar-refractivity contribution >= 4 is 7.82 Å². The average molecular weight is 247 g/mol. The van der Waals surface area contributed by atoms with Crippen LogP contribution in [0.15, 0.2) is 18.2 Å². The van der Waals surface area contributed by atoms with Gasteiger partial charge in [0.2, 0.25) is 0 Å². The van der Waals surface area contributed by atoms with Crippen molar-refractivity contribution in [1.82, 2.24) is 0 Å². The van der Waals surface area contributed by atoms with Gasteiger partial charge in [0, 0.05) is 0 Å². The fraction of sp³-hybridized carbons (Fsp3) is 0.333. The fourth-order valence-corrected chi connectivity index (χ4v) is 1.54. The van der Waals surface area contributed by atoms with Crippen molar-refractivity contribution in [2.75, 3.05) is 6.61 Å². The first-order valence-corrected chi connectivity index (χ1v) is 6.07. The van der Waals surface area contributed by atoms with Crippen molar-refractivity contribution in [2.24, 2.45) is 0 Å². The summed E-state index contributed by atoms with van der Waals surface area (Å²) in [6.07, 6.45) is 0.838. The second kappa shape index (κ2) is 5.32. The van der Waals surface area contributed by atoms with E-state index >= 15 is 0 Å². The van der Waals surface area contributed by atoms with Gasteiger partial charge in [-0.15, -0.1) is 0 Å². The van der Waals surface area contributed by atoms with Gasteiger partial charge in [-0.2, -0.15) is 0 Å². The van der Waals surface area contributed by atoms with Crippen LogP contribution in [0, 0.1) is 0 Å². The molecular weight excluding hydrogens is 235 g/mol. The van der Waals surface area contributed by atoms with Crippen molar-refractivity contribution in [3.8, 4) is 11.5 Å². The van der Waals surface area contributed by atoms with Crippen LogP contribution in [0.1, 0.15) is 12.0 Å². The number of rotatable bonds is 5. The maximum atomic E-state index is 10.2. The normalized spacial score (nSPS) is 14.6. The summed E-state index contributed by atoms with van der Waals surface area (Å²) >= 11 is 0. The van der Waals surface area contributed by atoms with E-state index in [9.17, 15) is 14.6 Å². The number of phosphoric ester groups is 1. The van der Waals surface area contributed by atoms with Crippen LogP contribution >= 0.6 is 7.82 Å². The minimum atomic E-state index is -4.64. The molecule has 1 atom stereocenters. The highest BCUT2D eigenvalue weighted by Crippen LogP contribution is 2.30. The molecule has 1 unspecified atom stereocenters. The second-order valence-corrected chi connectivity index (χ2v) is 4.42. The van der Waals surface area contributed by atoms with E-state index in [-0.39, 0.29) is 18.1 Å². The van der Waals surface area contributed by atoms with Crippen LogP contribution in [0.3, 0.4) is 0 Å². The molecular formula is C9H12O6P-. The third-order valence-electron chi connectivity index (χ3n) is 1.90. The number of benzene rings is 1. The molecule has 0 fully saturated rings. The van der Waals surface area contributed by atoms with Gasteiger partial charge in [-0.1, -0.05) is 6.07 Å². The number of phosphoric acid groups is 1. The molecule has 0 amide bonds. The Hall–Kier alpha value is -1.07. The fourth-order valence-electron chi connectivity index (χ4n) is 1.18. The molecule has 0 aliphatic heterocycles. The zero-order chi connectivity index (χ0) is 12.2. The topological polar surface area (TPSA) is 110 Å². The van der Waals surface area contributed by atoms with Gasteiger partial charge in [-0.3, -0.25) is 4.57 Å². The molecule has 0 saturated heterocycles. The summed E-state index contributed by atoms with van der Waals surface area (Å²) < 4.78 is 14.4. The molecule has 0 radical (unpaired) electrons. The van der Waals surface area contributed by atoms with E-state index in [4.69, 9.17) is 10.00 Å². The highest BCUT2D eigenvalue weighted by atomic mass is 31.2. The van der Waals surface area contributed by atoms with E-state index in [1.807, 2.05) is 0 Å². The molecule has 0 saturated carbocycles. The Morgan fingerprint density at radius 1 is 1.31 bits per heavy atom. The molecule has 1 rings (SSSR count). The number of phenolic OH excluding ortho intramolecular Hbond substituents is 2. The molecule has 1 aromatic carbocycles. The summed E-state index contributed by atoms with van der Waals surface area (Å²) in [5, 5.41) is 18.2. The van der Waals surface area contributed by atoms with E-state index in [2.05, 4.69) is 4.52 Å². The Morgan fingerprint density at radius 2 is 2.00 bits per heavy atom. The molecule has 0 heterocycles. The molecule has 6 nitrogen and oxygen atoms in total. The van der Waals surface area contributed by atoms with Crippen LogP contribution in [-0.4, -0.2) is 21.7 Å². The smallest absolute Gasteiger partial charge is 0.265 e. The van der Waals surface area contributed by atoms with Crippen LogP contribution in [0.2, 0.25) is 0 Å². The number of phenols is 2. The summed E-state index contributed by atoms with van der Waals surface area (Å²) in [5.74, 6) is -0.436. The van der Waals surface area contributed by atoms with Crippen LogP contribution in [-0.2, 0) is 15.5 Å². The molecule has 0 aliphatic rings. The highest BCUT2D eigenvalue weighted by Gasteiger charge is 2.03. The largest absolute Gasteiger partial charge is 0.756 e. The van der Waals surface area contributed by atoms with Crippen molar-refractivity contribution < 1.29 is 29.1 Å². The lowest BCUT2D eigenvalue weighted by atomic mass is 10.1. The lowest BCUT2D eigenvalue weighted by Gasteiger charge is -2.15. The van der Waals surface area contributed by atoms with Crippen molar-refractivity contribution in [3.05, 3.63) is 23.8 Å². The SMILES string of the molecule is O=P([O-])(O)OCCCc1ccc(O)c(O)c1. The summed E-state index contributed by atoms with van der Waals surface area (Å²) in [4.78, 5) is 18.5. The number of aromatic hydroxyl groups is 2. The van der Waals surface area contributed by atoms with Gasteiger partial charge in [-0.05, 0) is 30.5 Å². The Labute approximate surface area is 92.4 Å². The molecule has 90 valence electrons. The number of hydrogen-bond acceptors (Lipinski definition) is 5. The first-order chi connectivity index (χ1) is 7.38. The van der Waals surface area contributed by atoms with Gasteiger partial charge in [0.15, 0.2) is 11.5 Å². The molecule has 0 aliphatic carbocycles. The Morgan fingerprint density at radius 3 is 2.56 bits per heavy atom. The van der Waals surface area contributed by atoms with E-state index < -0.39 is 7.82 Å². The lowest BCUT2D eigenvalue weighted by molar-refractivity contribution is -0.219.